The Bertz CT molecular complexity index is 877. The average Bonchev–Trinajstić information content (AvgIpc) is 2.73. The zero-order valence-corrected chi connectivity index (χ0v) is 21.8. The Hall–Kier alpha value is -2.45. The fraction of sp³-hybridized carbons (Fsp3) is 0.560. The molecule has 0 radical (unpaired) electrons. The van der Waals surface area contributed by atoms with E-state index in [1.54, 1.807) is 31.2 Å². The summed E-state index contributed by atoms with van der Waals surface area (Å²) in [4.78, 5) is 39.0. The topological polar surface area (TPSA) is 82.1 Å². The molecular formula is C25H37NO6Si. The summed E-state index contributed by atoms with van der Waals surface area (Å²) in [6, 6.07) is 8.19. The summed E-state index contributed by atoms with van der Waals surface area (Å²) >= 11 is 0. The van der Waals surface area contributed by atoms with Crippen LogP contribution in [0.4, 0.5) is 0 Å². The van der Waals surface area contributed by atoms with Gasteiger partial charge in [-0.15, -0.1) is 0 Å². The van der Waals surface area contributed by atoms with E-state index in [1.165, 1.54) is 4.90 Å². The predicted molar refractivity (Wildman–Crippen MR) is 129 cm³/mol. The van der Waals surface area contributed by atoms with E-state index < -0.39 is 32.2 Å². The number of likely N-dealkylation sites (tertiary alicyclic amines) is 1. The van der Waals surface area contributed by atoms with Crippen LogP contribution in [0.3, 0.4) is 0 Å². The zero-order chi connectivity index (χ0) is 25.0. The second kappa shape index (κ2) is 10.7. The molecule has 33 heavy (non-hydrogen) atoms. The van der Waals surface area contributed by atoms with Crippen LogP contribution < -0.4 is 0 Å². The summed E-state index contributed by atoms with van der Waals surface area (Å²) in [5.41, 5.74) is 0.975. The van der Waals surface area contributed by atoms with Crippen LogP contribution in [0.2, 0.25) is 18.1 Å². The fourth-order valence-electron chi connectivity index (χ4n) is 3.65. The van der Waals surface area contributed by atoms with Crippen LogP contribution in [0.1, 0.15) is 45.0 Å². The third kappa shape index (κ3) is 6.32. The van der Waals surface area contributed by atoms with Crippen LogP contribution in [-0.2, 0) is 23.5 Å². The molecule has 1 amide bonds. The zero-order valence-electron chi connectivity index (χ0n) is 20.8. The molecule has 0 saturated carbocycles. The molecule has 0 unspecified atom stereocenters. The van der Waals surface area contributed by atoms with Crippen molar-refractivity contribution in [2.24, 2.45) is 5.92 Å². The lowest BCUT2D eigenvalue weighted by Crippen LogP contribution is -2.67. The Morgan fingerprint density at radius 1 is 1.15 bits per heavy atom. The smallest absolute Gasteiger partial charge is 0.338 e. The third-order valence-corrected chi connectivity index (χ3v) is 11.0. The Kier molecular flexibility index (Phi) is 8.65. The fourth-order valence-corrected chi connectivity index (χ4v) is 5.07. The molecule has 0 aromatic heterocycles. The number of carbonyl (C=O) groups excluding carboxylic acids is 3. The lowest BCUT2D eigenvalue weighted by Gasteiger charge is -2.51. The summed E-state index contributed by atoms with van der Waals surface area (Å²) < 4.78 is 16.9. The predicted octanol–water partition coefficient (Wildman–Crippen LogP) is 4.20. The maximum absolute atomic E-state index is 13.1. The number of nitrogens with zero attached hydrogens (tertiary/aromatic N) is 1. The summed E-state index contributed by atoms with van der Waals surface area (Å²) in [6.45, 7) is 18.4. The van der Waals surface area contributed by atoms with E-state index in [0.29, 0.717) is 11.1 Å². The highest BCUT2D eigenvalue weighted by atomic mass is 28.4. The molecule has 1 fully saturated rings. The molecule has 2 rings (SSSR count). The highest BCUT2D eigenvalue weighted by Gasteiger charge is 2.54. The lowest BCUT2D eigenvalue weighted by atomic mass is 9.79. The molecule has 1 heterocycles. The number of ether oxygens (including phenoxy) is 2. The van der Waals surface area contributed by atoms with Crippen molar-refractivity contribution in [3.63, 3.8) is 0 Å². The molecule has 1 saturated heterocycles. The second-order valence-corrected chi connectivity index (χ2v) is 14.7. The first-order valence-corrected chi connectivity index (χ1v) is 14.2. The monoisotopic (exact) mass is 475 g/mol. The van der Waals surface area contributed by atoms with Gasteiger partial charge in [0.25, 0.3) is 0 Å². The largest absolute Gasteiger partial charge is 0.465 e. The summed E-state index contributed by atoms with van der Waals surface area (Å²) in [5.74, 6) is -1.64. The van der Waals surface area contributed by atoms with Crippen LogP contribution in [0, 0.1) is 5.92 Å². The van der Waals surface area contributed by atoms with E-state index in [1.807, 2.05) is 13.0 Å². The van der Waals surface area contributed by atoms with Crippen molar-refractivity contribution in [1.82, 2.24) is 4.90 Å². The van der Waals surface area contributed by atoms with Crippen LogP contribution in [0.15, 0.2) is 42.5 Å². The van der Waals surface area contributed by atoms with Gasteiger partial charge in [-0.2, -0.15) is 0 Å². The van der Waals surface area contributed by atoms with Gasteiger partial charge in [-0.3, -0.25) is 9.59 Å². The number of hydrogen-bond acceptors (Lipinski definition) is 6. The van der Waals surface area contributed by atoms with Gasteiger partial charge < -0.3 is 18.8 Å². The van der Waals surface area contributed by atoms with E-state index in [4.69, 9.17) is 13.9 Å². The van der Waals surface area contributed by atoms with Gasteiger partial charge in [0.2, 0.25) is 5.91 Å². The van der Waals surface area contributed by atoms with E-state index in [-0.39, 0.29) is 36.8 Å². The number of β-lactam (4-membered cyclic amide) rings is 1. The number of rotatable bonds is 10. The SMILES string of the molecule is C=C(COC(=O)c1ccccc1)[C@@H]1[C@@H]([C@@H](C)O[Si](C)(C)C(C)(C)C)C(=O)N1CC(=O)OCC. The van der Waals surface area contributed by atoms with Gasteiger partial charge in [0, 0.05) is 0 Å². The Labute approximate surface area is 198 Å². The van der Waals surface area contributed by atoms with E-state index in [2.05, 4.69) is 40.4 Å². The maximum atomic E-state index is 13.1. The Morgan fingerprint density at radius 2 is 1.76 bits per heavy atom. The van der Waals surface area contributed by atoms with Crippen LogP contribution >= 0.6 is 0 Å². The molecule has 1 aromatic rings. The van der Waals surface area contributed by atoms with Gasteiger partial charge in [-0.05, 0) is 49.7 Å². The lowest BCUT2D eigenvalue weighted by molar-refractivity contribution is -0.167. The molecule has 1 aliphatic rings. The normalized spacial score (nSPS) is 19.5. The maximum Gasteiger partial charge on any atom is 0.338 e. The summed E-state index contributed by atoms with van der Waals surface area (Å²) in [5, 5.41) is -0.0175. The van der Waals surface area contributed by atoms with Crippen molar-refractivity contribution in [1.29, 1.82) is 0 Å². The Morgan fingerprint density at radius 3 is 2.30 bits per heavy atom. The minimum absolute atomic E-state index is 0.0175. The van der Waals surface area contributed by atoms with Crippen LogP contribution in [0.5, 0.6) is 0 Å². The van der Waals surface area contributed by atoms with Gasteiger partial charge in [0.15, 0.2) is 8.32 Å². The molecule has 1 aromatic carbocycles. The highest BCUT2D eigenvalue weighted by molar-refractivity contribution is 6.74. The minimum atomic E-state index is -2.13. The van der Waals surface area contributed by atoms with Gasteiger partial charge in [-0.25, -0.2) is 4.79 Å². The molecule has 3 atom stereocenters. The quantitative estimate of drug-likeness (QED) is 0.218. The third-order valence-electron chi connectivity index (χ3n) is 6.46. The molecule has 0 spiro atoms. The van der Waals surface area contributed by atoms with Crippen LogP contribution in [-0.4, -0.2) is 63.0 Å². The highest BCUT2D eigenvalue weighted by Crippen LogP contribution is 2.41. The summed E-state index contributed by atoms with van der Waals surface area (Å²) in [7, 11) is -2.13. The number of esters is 2. The number of carbonyl (C=O) groups is 3. The minimum Gasteiger partial charge on any atom is -0.465 e. The van der Waals surface area contributed by atoms with Crippen molar-refractivity contribution < 1.29 is 28.3 Å². The van der Waals surface area contributed by atoms with Gasteiger partial charge in [0.1, 0.15) is 13.2 Å². The van der Waals surface area contributed by atoms with E-state index in [9.17, 15) is 14.4 Å². The molecule has 8 heteroatoms. The van der Waals surface area contributed by atoms with Crippen molar-refractivity contribution >= 4 is 26.2 Å². The molecular weight excluding hydrogens is 438 g/mol. The standard InChI is InChI=1S/C25H37NO6Si/c1-9-30-20(27)15-26-22(17(2)16-31-24(29)19-13-11-10-12-14-19)21(23(26)28)18(3)32-33(7,8)25(4,5)6/h10-14,18,21-22H,2,9,15-16H2,1,3-8H3/t18-,21-,22-/m1/s1. The van der Waals surface area contributed by atoms with Gasteiger partial charge in [0.05, 0.1) is 30.2 Å². The van der Waals surface area contributed by atoms with Crippen molar-refractivity contribution in [3.05, 3.63) is 48.0 Å². The molecule has 1 aliphatic heterocycles. The van der Waals surface area contributed by atoms with Crippen molar-refractivity contribution in [2.75, 3.05) is 19.8 Å². The molecule has 0 bridgehead atoms. The van der Waals surface area contributed by atoms with Crippen molar-refractivity contribution in [2.45, 2.75) is 64.9 Å². The molecule has 0 aliphatic carbocycles. The summed E-state index contributed by atoms with van der Waals surface area (Å²) in [6.07, 6.45) is -0.372. The first-order chi connectivity index (χ1) is 15.3. The average molecular weight is 476 g/mol. The van der Waals surface area contributed by atoms with Gasteiger partial charge >= 0.3 is 11.9 Å². The van der Waals surface area contributed by atoms with E-state index >= 15 is 0 Å². The first-order valence-electron chi connectivity index (χ1n) is 11.3. The molecule has 0 N–H and O–H groups in total. The number of benzene rings is 1. The van der Waals surface area contributed by atoms with E-state index in [0.717, 1.165) is 0 Å². The number of amides is 1. The van der Waals surface area contributed by atoms with Gasteiger partial charge in [-0.1, -0.05) is 45.5 Å². The molecule has 182 valence electrons. The second-order valence-electron chi connectivity index (χ2n) is 9.93. The number of hydrogen-bond donors (Lipinski definition) is 0. The molecule has 7 nitrogen and oxygen atoms in total. The van der Waals surface area contributed by atoms with Crippen LogP contribution in [0.25, 0.3) is 0 Å². The van der Waals surface area contributed by atoms with Crippen molar-refractivity contribution in [3.8, 4) is 0 Å². The first kappa shape index (κ1) is 26.8. The Balaban J connectivity index is 2.17.